The van der Waals surface area contributed by atoms with Crippen molar-refractivity contribution in [2.24, 2.45) is 4.99 Å². The number of aryl methyl sites for hydroxylation is 1. The third-order valence-electron chi connectivity index (χ3n) is 4.01. The number of rotatable bonds is 4. The van der Waals surface area contributed by atoms with E-state index in [0.717, 1.165) is 17.5 Å². The number of amides is 1. The van der Waals surface area contributed by atoms with Crippen LogP contribution in [-0.2, 0) is 11.2 Å². The van der Waals surface area contributed by atoms with E-state index in [4.69, 9.17) is 21.1 Å². The number of ether oxygens (including phenoxy) is 2. The van der Waals surface area contributed by atoms with Crippen LogP contribution in [0.3, 0.4) is 0 Å². The summed E-state index contributed by atoms with van der Waals surface area (Å²) in [6, 6.07) is 13.2. The minimum Gasteiger partial charge on any atom is -0.454 e. The van der Waals surface area contributed by atoms with Crippen LogP contribution in [0.1, 0.15) is 17.5 Å². The summed E-state index contributed by atoms with van der Waals surface area (Å²) in [5, 5.41) is 3.53. The monoisotopic (exact) mass is 354 g/mol. The molecule has 0 spiro atoms. The van der Waals surface area contributed by atoms with Gasteiger partial charge in [0.25, 0.3) is 5.91 Å². The van der Waals surface area contributed by atoms with Crippen LogP contribution >= 0.6 is 11.6 Å². The largest absolute Gasteiger partial charge is 0.454 e. The molecule has 2 aliphatic rings. The molecule has 0 aromatic heterocycles. The molecule has 0 bridgehead atoms. The number of carbonyl (C=O) groups excluding carboxylic acids is 1. The van der Waals surface area contributed by atoms with Gasteiger partial charge in [0, 0.05) is 11.4 Å². The molecule has 126 valence electrons. The van der Waals surface area contributed by atoms with Crippen molar-refractivity contribution in [2.45, 2.75) is 12.8 Å². The molecule has 25 heavy (non-hydrogen) atoms. The van der Waals surface area contributed by atoms with E-state index in [1.54, 1.807) is 6.08 Å². The van der Waals surface area contributed by atoms with Gasteiger partial charge in [-0.05, 0) is 47.9 Å². The number of nitrogens with zero attached hydrogens (tertiary/aromatic N) is 1. The molecular weight excluding hydrogens is 340 g/mol. The zero-order valence-corrected chi connectivity index (χ0v) is 14.0. The Hall–Kier alpha value is -2.79. The van der Waals surface area contributed by atoms with Gasteiger partial charge in [0.2, 0.25) is 6.79 Å². The maximum atomic E-state index is 12.1. The molecule has 0 radical (unpaired) electrons. The van der Waals surface area contributed by atoms with E-state index in [1.165, 1.54) is 0 Å². The molecule has 0 saturated carbocycles. The van der Waals surface area contributed by atoms with Gasteiger partial charge in [-0.1, -0.05) is 29.8 Å². The van der Waals surface area contributed by atoms with Gasteiger partial charge in [-0.2, -0.15) is 0 Å². The summed E-state index contributed by atoms with van der Waals surface area (Å²) in [6.45, 7) is 0.225. The number of fused-ring (bicyclic) bond motifs is 1. The van der Waals surface area contributed by atoms with E-state index < -0.39 is 0 Å². The second kappa shape index (κ2) is 6.61. The highest BCUT2D eigenvalue weighted by molar-refractivity contribution is 6.30. The van der Waals surface area contributed by atoms with Gasteiger partial charge in [0.15, 0.2) is 11.5 Å². The predicted octanol–water partition coefficient (Wildman–Crippen LogP) is 3.57. The molecule has 0 unspecified atom stereocenters. The minimum absolute atomic E-state index is 0.191. The standard InChI is InChI=1S/C19H15ClN2O3/c20-14-5-1-12(2-6-14)4-8-18-21-15(19(23)22-18)9-13-3-7-16-17(10-13)25-11-24-16/h1-3,5-7,9-10H,4,8,11H2,(H,21,22,23)/b15-9+. The number of carbonyl (C=O) groups is 1. The van der Waals surface area contributed by atoms with E-state index in [-0.39, 0.29) is 12.7 Å². The molecule has 0 fully saturated rings. The normalized spacial score (nSPS) is 16.9. The summed E-state index contributed by atoms with van der Waals surface area (Å²) in [7, 11) is 0. The highest BCUT2D eigenvalue weighted by Gasteiger charge is 2.20. The second-order valence-corrected chi connectivity index (χ2v) is 6.22. The average molecular weight is 355 g/mol. The third-order valence-corrected chi connectivity index (χ3v) is 4.26. The average Bonchev–Trinajstić information content (AvgIpc) is 3.21. The summed E-state index contributed by atoms with van der Waals surface area (Å²) in [4.78, 5) is 16.5. The lowest BCUT2D eigenvalue weighted by atomic mass is 10.1. The first kappa shape index (κ1) is 15.7. The topological polar surface area (TPSA) is 59.9 Å². The van der Waals surface area contributed by atoms with Crippen LogP contribution in [0, 0.1) is 0 Å². The van der Waals surface area contributed by atoms with Crippen LogP contribution < -0.4 is 14.8 Å². The minimum atomic E-state index is -0.191. The van der Waals surface area contributed by atoms with E-state index >= 15 is 0 Å². The van der Waals surface area contributed by atoms with Crippen molar-refractivity contribution in [3.05, 3.63) is 64.3 Å². The van der Waals surface area contributed by atoms with Gasteiger partial charge in [-0.15, -0.1) is 0 Å². The number of halogens is 1. The Morgan fingerprint density at radius 3 is 2.72 bits per heavy atom. The smallest absolute Gasteiger partial charge is 0.275 e. The number of hydrogen-bond acceptors (Lipinski definition) is 4. The van der Waals surface area contributed by atoms with E-state index in [9.17, 15) is 4.79 Å². The fraction of sp³-hybridized carbons (Fsp3) is 0.158. The third kappa shape index (κ3) is 3.51. The maximum absolute atomic E-state index is 12.1. The van der Waals surface area contributed by atoms with Crippen molar-refractivity contribution in [3.8, 4) is 11.5 Å². The Balaban J connectivity index is 1.47. The van der Waals surface area contributed by atoms with Crippen molar-refractivity contribution in [2.75, 3.05) is 6.79 Å². The van der Waals surface area contributed by atoms with Crippen LogP contribution in [0.2, 0.25) is 5.02 Å². The zero-order chi connectivity index (χ0) is 17.2. The molecule has 2 heterocycles. The Morgan fingerprint density at radius 2 is 1.88 bits per heavy atom. The molecule has 6 heteroatoms. The number of aliphatic imine (C=N–C) groups is 1. The molecule has 1 amide bonds. The summed E-state index contributed by atoms with van der Waals surface area (Å²) < 4.78 is 10.6. The summed E-state index contributed by atoms with van der Waals surface area (Å²) >= 11 is 5.88. The van der Waals surface area contributed by atoms with E-state index in [2.05, 4.69) is 10.3 Å². The van der Waals surface area contributed by atoms with E-state index in [1.807, 2.05) is 42.5 Å². The fourth-order valence-corrected chi connectivity index (χ4v) is 2.84. The first-order chi connectivity index (χ1) is 12.2. The van der Waals surface area contributed by atoms with Gasteiger partial charge >= 0.3 is 0 Å². The molecular formula is C19H15ClN2O3. The Morgan fingerprint density at radius 1 is 1.08 bits per heavy atom. The Kier molecular flexibility index (Phi) is 4.15. The first-order valence-corrected chi connectivity index (χ1v) is 8.30. The number of amidine groups is 1. The summed E-state index contributed by atoms with van der Waals surface area (Å²) in [5.74, 6) is 1.88. The highest BCUT2D eigenvalue weighted by atomic mass is 35.5. The number of hydrogen-bond donors (Lipinski definition) is 1. The van der Waals surface area contributed by atoms with Crippen LogP contribution in [0.25, 0.3) is 6.08 Å². The lowest BCUT2D eigenvalue weighted by Gasteiger charge is -2.01. The van der Waals surface area contributed by atoms with Crippen LogP contribution in [0.4, 0.5) is 0 Å². The highest BCUT2D eigenvalue weighted by Crippen LogP contribution is 2.33. The second-order valence-electron chi connectivity index (χ2n) is 5.78. The Bertz CT molecular complexity index is 888. The fourth-order valence-electron chi connectivity index (χ4n) is 2.71. The molecule has 1 N–H and O–H groups in total. The van der Waals surface area contributed by atoms with Gasteiger partial charge in [-0.3, -0.25) is 4.79 Å². The molecule has 2 aliphatic heterocycles. The quantitative estimate of drug-likeness (QED) is 0.854. The van der Waals surface area contributed by atoms with Crippen LogP contribution in [0.5, 0.6) is 11.5 Å². The van der Waals surface area contributed by atoms with Crippen molar-refractivity contribution < 1.29 is 14.3 Å². The van der Waals surface area contributed by atoms with Crippen LogP contribution in [-0.4, -0.2) is 18.5 Å². The lowest BCUT2D eigenvalue weighted by molar-refractivity contribution is -0.115. The van der Waals surface area contributed by atoms with Crippen molar-refractivity contribution in [3.63, 3.8) is 0 Å². The van der Waals surface area contributed by atoms with Gasteiger partial charge in [0.05, 0.1) is 0 Å². The molecule has 2 aromatic carbocycles. The van der Waals surface area contributed by atoms with E-state index in [0.29, 0.717) is 34.5 Å². The molecule has 0 atom stereocenters. The molecule has 0 saturated heterocycles. The predicted molar refractivity (Wildman–Crippen MR) is 95.9 cm³/mol. The van der Waals surface area contributed by atoms with Gasteiger partial charge in [-0.25, -0.2) is 4.99 Å². The van der Waals surface area contributed by atoms with Gasteiger partial charge < -0.3 is 14.8 Å². The number of benzene rings is 2. The van der Waals surface area contributed by atoms with Crippen molar-refractivity contribution >= 4 is 29.4 Å². The molecule has 0 aliphatic carbocycles. The van der Waals surface area contributed by atoms with Crippen molar-refractivity contribution in [1.82, 2.24) is 5.32 Å². The van der Waals surface area contributed by atoms with Crippen LogP contribution in [0.15, 0.2) is 53.2 Å². The van der Waals surface area contributed by atoms with Crippen molar-refractivity contribution in [1.29, 1.82) is 0 Å². The maximum Gasteiger partial charge on any atom is 0.275 e. The molecule has 4 rings (SSSR count). The summed E-state index contributed by atoms with van der Waals surface area (Å²) in [5.41, 5.74) is 2.39. The lowest BCUT2D eigenvalue weighted by Crippen LogP contribution is -2.24. The molecule has 2 aromatic rings. The SMILES string of the molecule is O=C1NC(CCc2ccc(Cl)cc2)=N/C1=C/c1ccc2c(c1)OCO2. The summed E-state index contributed by atoms with van der Waals surface area (Å²) in [6.07, 6.45) is 3.19. The molecule has 5 nitrogen and oxygen atoms in total. The number of nitrogens with one attached hydrogen (secondary N) is 1. The van der Waals surface area contributed by atoms with Gasteiger partial charge in [0.1, 0.15) is 11.5 Å². The first-order valence-electron chi connectivity index (χ1n) is 7.92. The zero-order valence-electron chi connectivity index (χ0n) is 13.3. The Labute approximate surface area is 149 Å².